The van der Waals surface area contributed by atoms with Gasteiger partial charge in [0.05, 0.1) is 0 Å². The molecule has 0 amide bonds. The maximum absolute atomic E-state index is 6.14. The number of imidazole rings is 1. The van der Waals surface area contributed by atoms with Gasteiger partial charge >= 0.3 is 0 Å². The first-order valence-electron chi connectivity index (χ1n) is 6.72. The van der Waals surface area contributed by atoms with E-state index in [4.69, 9.17) is 5.73 Å². The van der Waals surface area contributed by atoms with Crippen LogP contribution in [0.3, 0.4) is 0 Å². The fourth-order valence-electron chi connectivity index (χ4n) is 2.04. The Bertz CT molecular complexity index is 718. The topological polar surface area (TPSA) is 81.7 Å². The molecule has 106 valence electrons. The van der Waals surface area contributed by atoms with E-state index in [0.717, 1.165) is 12.1 Å². The summed E-state index contributed by atoms with van der Waals surface area (Å²) in [6, 6.07) is 8.18. The molecule has 0 aliphatic rings. The van der Waals surface area contributed by atoms with E-state index in [-0.39, 0.29) is 0 Å². The summed E-state index contributed by atoms with van der Waals surface area (Å²) in [6.07, 6.45) is 7.62. The van der Waals surface area contributed by atoms with E-state index in [2.05, 4.69) is 39.3 Å². The Hall–Kier alpha value is -2.89. The Morgan fingerprint density at radius 3 is 2.67 bits per heavy atom. The summed E-state index contributed by atoms with van der Waals surface area (Å²) in [5.41, 5.74) is 8.85. The molecule has 6 heteroatoms. The van der Waals surface area contributed by atoms with Crippen LogP contribution >= 0.6 is 0 Å². The van der Waals surface area contributed by atoms with E-state index in [1.54, 1.807) is 23.3 Å². The molecule has 1 aromatic carbocycles. The molecular formula is C15H16N6. The van der Waals surface area contributed by atoms with E-state index in [0.29, 0.717) is 17.3 Å². The van der Waals surface area contributed by atoms with Crippen LogP contribution in [0, 0.1) is 0 Å². The van der Waals surface area contributed by atoms with Crippen LogP contribution < -0.4 is 11.1 Å². The smallest absolute Gasteiger partial charge is 0.166 e. The minimum atomic E-state index is 0.482. The highest BCUT2D eigenvalue weighted by atomic mass is 15.1. The average molecular weight is 280 g/mol. The summed E-state index contributed by atoms with van der Waals surface area (Å²) >= 11 is 0. The predicted octanol–water partition coefficient (Wildman–Crippen LogP) is 2.55. The molecule has 0 spiro atoms. The van der Waals surface area contributed by atoms with Gasteiger partial charge in [-0.15, -0.1) is 0 Å². The van der Waals surface area contributed by atoms with Gasteiger partial charge in [0.15, 0.2) is 11.6 Å². The van der Waals surface area contributed by atoms with E-state index >= 15 is 0 Å². The highest BCUT2D eigenvalue weighted by Crippen LogP contribution is 2.24. The summed E-state index contributed by atoms with van der Waals surface area (Å²) in [5.74, 6) is 1.19. The Labute approximate surface area is 122 Å². The van der Waals surface area contributed by atoms with Crippen molar-refractivity contribution in [3.05, 3.63) is 54.9 Å². The molecule has 0 unspecified atom stereocenters. The van der Waals surface area contributed by atoms with Gasteiger partial charge in [0, 0.05) is 18.1 Å². The van der Waals surface area contributed by atoms with Crippen molar-refractivity contribution in [2.75, 3.05) is 11.1 Å². The van der Waals surface area contributed by atoms with E-state index in [9.17, 15) is 0 Å². The molecular weight excluding hydrogens is 264 g/mol. The van der Waals surface area contributed by atoms with Crippen LogP contribution in [0.25, 0.3) is 5.82 Å². The quantitative estimate of drug-likeness (QED) is 0.767. The summed E-state index contributed by atoms with van der Waals surface area (Å²) in [4.78, 5) is 12.4. The number of aromatic nitrogens is 4. The molecule has 0 aliphatic carbocycles. The summed E-state index contributed by atoms with van der Waals surface area (Å²) in [7, 11) is 0. The SMILES string of the molecule is CCc1ccc(Nc2ncnc(-n3ccnc3)c2N)cc1. The minimum absolute atomic E-state index is 0.482. The van der Waals surface area contributed by atoms with Crippen LogP contribution in [0.15, 0.2) is 49.3 Å². The monoisotopic (exact) mass is 280 g/mol. The fourth-order valence-corrected chi connectivity index (χ4v) is 2.04. The molecule has 0 aliphatic heterocycles. The minimum Gasteiger partial charge on any atom is -0.393 e. The van der Waals surface area contributed by atoms with Gasteiger partial charge in [-0.05, 0) is 24.1 Å². The first kappa shape index (κ1) is 13.1. The number of nitrogens with zero attached hydrogens (tertiary/aromatic N) is 4. The van der Waals surface area contributed by atoms with Crippen LogP contribution in [0.1, 0.15) is 12.5 Å². The number of hydrogen-bond acceptors (Lipinski definition) is 5. The zero-order valence-corrected chi connectivity index (χ0v) is 11.7. The van der Waals surface area contributed by atoms with Crippen molar-refractivity contribution in [3.8, 4) is 5.82 Å². The lowest BCUT2D eigenvalue weighted by atomic mass is 10.1. The number of nitrogens with one attached hydrogen (secondary N) is 1. The molecule has 6 nitrogen and oxygen atoms in total. The molecule has 3 aromatic rings. The molecule has 2 heterocycles. The fraction of sp³-hybridized carbons (Fsp3) is 0.133. The van der Waals surface area contributed by atoms with Crippen molar-refractivity contribution in [2.45, 2.75) is 13.3 Å². The number of benzene rings is 1. The highest BCUT2D eigenvalue weighted by molar-refractivity contribution is 5.73. The van der Waals surface area contributed by atoms with Gasteiger partial charge < -0.3 is 11.1 Å². The zero-order valence-electron chi connectivity index (χ0n) is 11.7. The van der Waals surface area contributed by atoms with E-state index in [1.807, 2.05) is 12.1 Å². The second-order valence-corrected chi connectivity index (χ2v) is 4.60. The molecule has 0 bridgehead atoms. The van der Waals surface area contributed by atoms with Crippen LogP contribution in [0.4, 0.5) is 17.2 Å². The Kier molecular flexibility index (Phi) is 3.51. The molecule has 0 saturated carbocycles. The van der Waals surface area contributed by atoms with Crippen molar-refractivity contribution in [1.29, 1.82) is 0 Å². The van der Waals surface area contributed by atoms with Gasteiger partial charge in [-0.1, -0.05) is 19.1 Å². The number of anilines is 3. The number of hydrogen-bond donors (Lipinski definition) is 2. The lowest BCUT2D eigenvalue weighted by Gasteiger charge is -2.11. The van der Waals surface area contributed by atoms with Gasteiger partial charge in [0.2, 0.25) is 0 Å². The first-order valence-corrected chi connectivity index (χ1v) is 6.72. The summed E-state index contributed by atoms with van der Waals surface area (Å²) in [5, 5.41) is 3.22. The van der Waals surface area contributed by atoms with Crippen molar-refractivity contribution >= 4 is 17.2 Å². The van der Waals surface area contributed by atoms with Gasteiger partial charge in [-0.25, -0.2) is 15.0 Å². The summed E-state index contributed by atoms with van der Waals surface area (Å²) < 4.78 is 1.75. The Morgan fingerprint density at radius 2 is 2.00 bits per heavy atom. The number of rotatable bonds is 4. The third-order valence-electron chi connectivity index (χ3n) is 3.24. The van der Waals surface area contributed by atoms with Gasteiger partial charge in [-0.3, -0.25) is 4.57 Å². The Morgan fingerprint density at radius 1 is 1.19 bits per heavy atom. The highest BCUT2D eigenvalue weighted by Gasteiger charge is 2.09. The van der Waals surface area contributed by atoms with Crippen molar-refractivity contribution in [2.24, 2.45) is 0 Å². The number of aryl methyl sites for hydroxylation is 1. The van der Waals surface area contributed by atoms with Crippen molar-refractivity contribution < 1.29 is 0 Å². The molecule has 3 rings (SSSR count). The van der Waals surface area contributed by atoms with Crippen LogP contribution in [0.5, 0.6) is 0 Å². The number of nitrogen functional groups attached to an aromatic ring is 1. The second kappa shape index (κ2) is 5.62. The molecule has 0 saturated heterocycles. The first-order chi connectivity index (χ1) is 10.3. The maximum Gasteiger partial charge on any atom is 0.166 e. The largest absolute Gasteiger partial charge is 0.393 e. The van der Waals surface area contributed by atoms with E-state index < -0.39 is 0 Å². The van der Waals surface area contributed by atoms with Crippen molar-refractivity contribution in [3.63, 3.8) is 0 Å². The van der Waals surface area contributed by atoms with E-state index in [1.165, 1.54) is 11.9 Å². The summed E-state index contributed by atoms with van der Waals surface area (Å²) in [6.45, 7) is 2.13. The second-order valence-electron chi connectivity index (χ2n) is 4.60. The molecule has 2 aromatic heterocycles. The van der Waals surface area contributed by atoms with Gasteiger partial charge in [-0.2, -0.15) is 0 Å². The lowest BCUT2D eigenvalue weighted by Crippen LogP contribution is -2.06. The van der Waals surface area contributed by atoms with Crippen molar-refractivity contribution in [1.82, 2.24) is 19.5 Å². The van der Waals surface area contributed by atoms with Crippen LogP contribution in [0.2, 0.25) is 0 Å². The molecule has 3 N–H and O–H groups in total. The maximum atomic E-state index is 6.14. The lowest BCUT2D eigenvalue weighted by molar-refractivity contribution is 0.977. The molecule has 0 fully saturated rings. The third kappa shape index (κ3) is 2.69. The molecule has 21 heavy (non-hydrogen) atoms. The average Bonchev–Trinajstić information content (AvgIpc) is 3.04. The van der Waals surface area contributed by atoms with Gasteiger partial charge in [0.25, 0.3) is 0 Å². The standard InChI is InChI=1S/C15H16N6/c1-2-11-3-5-12(6-4-11)20-14-13(16)15(19-9-18-14)21-8-7-17-10-21/h3-10H,2,16H2,1H3,(H,18,19,20). The Balaban J connectivity index is 1.90. The van der Waals surface area contributed by atoms with Crippen LogP contribution in [-0.2, 0) is 6.42 Å². The predicted molar refractivity (Wildman–Crippen MR) is 82.7 cm³/mol. The normalized spacial score (nSPS) is 10.5. The zero-order chi connectivity index (χ0) is 14.7. The number of nitrogens with two attached hydrogens (primary N) is 1. The van der Waals surface area contributed by atoms with Gasteiger partial charge in [0.1, 0.15) is 18.3 Å². The third-order valence-corrected chi connectivity index (χ3v) is 3.24. The molecule has 0 radical (unpaired) electrons. The molecule has 0 atom stereocenters. The van der Waals surface area contributed by atoms with Crippen LogP contribution in [-0.4, -0.2) is 19.5 Å².